The maximum absolute atomic E-state index is 4.81. The third-order valence-corrected chi connectivity index (χ3v) is 10.1. The van der Waals surface area contributed by atoms with Crippen LogP contribution in [0.2, 0.25) is 0 Å². The van der Waals surface area contributed by atoms with Crippen molar-refractivity contribution < 1.29 is 0 Å². The van der Waals surface area contributed by atoms with Crippen LogP contribution >= 0.6 is 42.7 Å². The quantitative estimate of drug-likeness (QED) is 0.330. The Morgan fingerprint density at radius 1 is 0.478 bits per heavy atom. The lowest BCUT2D eigenvalue weighted by atomic mass is 9.99. The molecule has 0 aromatic heterocycles. The van der Waals surface area contributed by atoms with Crippen molar-refractivity contribution in [3.8, 4) is 0 Å². The Labute approximate surface area is 160 Å². The molecular formula is C19H34Cl3P. The first kappa shape index (κ1) is 20.6. The van der Waals surface area contributed by atoms with E-state index in [4.69, 9.17) is 34.8 Å². The van der Waals surface area contributed by atoms with Gasteiger partial charge in [-0.25, -0.2) is 0 Å². The van der Waals surface area contributed by atoms with Gasteiger partial charge < -0.3 is 0 Å². The zero-order valence-electron chi connectivity index (χ0n) is 14.5. The molecule has 3 aliphatic carbocycles. The van der Waals surface area contributed by atoms with Gasteiger partial charge in [-0.1, -0.05) is 101 Å². The fourth-order valence-corrected chi connectivity index (χ4v) is 9.71. The summed E-state index contributed by atoms with van der Waals surface area (Å²) in [7, 11) is 0.385. The Morgan fingerprint density at radius 2 is 0.696 bits per heavy atom. The minimum Gasteiger partial charge on any atom is -0.0971 e. The minimum atomic E-state index is -0.750. The molecule has 23 heavy (non-hydrogen) atoms. The Balaban J connectivity index is 0.000000433. The molecule has 3 aliphatic rings. The molecule has 4 heteroatoms. The van der Waals surface area contributed by atoms with Crippen molar-refractivity contribution in [2.24, 2.45) is 0 Å². The van der Waals surface area contributed by atoms with Crippen LogP contribution in [-0.4, -0.2) is 21.3 Å². The fraction of sp³-hybridized carbons (Fsp3) is 1.00. The topological polar surface area (TPSA) is 0 Å². The SMILES string of the molecule is C1CCC(P(C2CCCCC2)C2CCCCC2)CC1.ClC(Cl)Cl. The van der Waals surface area contributed by atoms with Gasteiger partial charge in [0.2, 0.25) is 0 Å². The molecule has 0 heterocycles. The predicted molar refractivity (Wildman–Crippen MR) is 109 cm³/mol. The highest BCUT2D eigenvalue weighted by Gasteiger charge is 2.36. The molecule has 0 N–H and O–H groups in total. The van der Waals surface area contributed by atoms with E-state index in [0.717, 1.165) is 0 Å². The van der Waals surface area contributed by atoms with E-state index in [-0.39, 0.29) is 0 Å². The minimum absolute atomic E-state index is 0.385. The molecule has 3 saturated carbocycles. The molecule has 0 unspecified atom stereocenters. The molecule has 0 radical (unpaired) electrons. The monoisotopic (exact) mass is 398 g/mol. The summed E-state index contributed by atoms with van der Waals surface area (Å²) < 4.78 is -0.750. The van der Waals surface area contributed by atoms with Crippen LogP contribution in [-0.2, 0) is 0 Å². The average molecular weight is 400 g/mol. The number of halogens is 3. The molecule has 3 rings (SSSR count). The van der Waals surface area contributed by atoms with Crippen molar-refractivity contribution in [1.29, 1.82) is 0 Å². The van der Waals surface area contributed by atoms with Crippen LogP contribution in [0.3, 0.4) is 0 Å². The molecule has 0 bridgehead atoms. The largest absolute Gasteiger partial charge is 0.180 e. The molecule has 0 nitrogen and oxygen atoms in total. The zero-order valence-corrected chi connectivity index (χ0v) is 17.7. The lowest BCUT2D eigenvalue weighted by Crippen LogP contribution is -2.28. The maximum Gasteiger partial charge on any atom is 0.180 e. The van der Waals surface area contributed by atoms with Gasteiger partial charge in [-0.3, -0.25) is 0 Å². The van der Waals surface area contributed by atoms with Gasteiger partial charge in [-0.15, -0.1) is 0 Å². The third-order valence-electron chi connectivity index (χ3n) is 5.99. The Morgan fingerprint density at radius 3 is 0.913 bits per heavy atom. The third kappa shape index (κ3) is 7.60. The van der Waals surface area contributed by atoms with Crippen molar-refractivity contribution in [2.45, 2.75) is 118 Å². The van der Waals surface area contributed by atoms with E-state index in [2.05, 4.69) is 0 Å². The van der Waals surface area contributed by atoms with Crippen LogP contribution < -0.4 is 0 Å². The summed E-state index contributed by atoms with van der Waals surface area (Å²) in [4.78, 5) is 0. The van der Waals surface area contributed by atoms with Gasteiger partial charge in [-0.2, -0.15) is 0 Å². The van der Waals surface area contributed by atoms with Gasteiger partial charge in [0.05, 0.1) is 0 Å². The molecule has 136 valence electrons. The van der Waals surface area contributed by atoms with Gasteiger partial charge in [-0.05, 0) is 55.5 Å². The van der Waals surface area contributed by atoms with Crippen LogP contribution in [0, 0.1) is 0 Å². The standard InChI is InChI=1S/C18H33P.CHCl3/c1-4-10-16(11-5-1)19(17-12-6-2-7-13-17)18-14-8-3-9-15-18;2-1(3)4/h16-18H,1-15H2;1H. The summed E-state index contributed by atoms with van der Waals surface area (Å²) in [6.45, 7) is 0. The van der Waals surface area contributed by atoms with E-state index < -0.39 is 4.30 Å². The van der Waals surface area contributed by atoms with Crippen molar-refractivity contribution in [2.75, 3.05) is 0 Å². The van der Waals surface area contributed by atoms with Crippen LogP contribution in [0.4, 0.5) is 0 Å². The first-order valence-corrected chi connectivity index (χ1v) is 12.7. The molecule has 0 spiro atoms. The van der Waals surface area contributed by atoms with Crippen LogP contribution in [0.15, 0.2) is 0 Å². The lowest BCUT2D eigenvalue weighted by molar-refractivity contribution is 0.460. The van der Waals surface area contributed by atoms with Crippen molar-refractivity contribution in [3.63, 3.8) is 0 Å². The molecule has 0 aromatic rings. The zero-order chi connectivity index (χ0) is 16.5. The van der Waals surface area contributed by atoms with E-state index in [1.165, 1.54) is 36.2 Å². The highest BCUT2D eigenvalue weighted by atomic mass is 35.6. The summed E-state index contributed by atoms with van der Waals surface area (Å²) in [5.74, 6) is 0. The van der Waals surface area contributed by atoms with Gasteiger partial charge in [0.15, 0.2) is 4.30 Å². The Bertz CT molecular complexity index is 247. The van der Waals surface area contributed by atoms with Crippen LogP contribution in [0.25, 0.3) is 0 Å². The normalized spacial score (nSPS) is 25.4. The Hall–Kier alpha value is 1.30. The van der Waals surface area contributed by atoms with E-state index in [1.54, 1.807) is 77.0 Å². The summed E-state index contributed by atoms with van der Waals surface area (Å²) in [5, 5.41) is 0. The van der Waals surface area contributed by atoms with Gasteiger partial charge >= 0.3 is 0 Å². The number of alkyl halides is 3. The van der Waals surface area contributed by atoms with Crippen molar-refractivity contribution in [1.82, 2.24) is 0 Å². The molecule has 0 amide bonds. The highest BCUT2D eigenvalue weighted by molar-refractivity contribution is 7.60. The second-order valence-electron chi connectivity index (χ2n) is 7.57. The average Bonchev–Trinajstić information content (AvgIpc) is 2.58. The summed E-state index contributed by atoms with van der Waals surface area (Å²) in [6, 6.07) is 0. The highest BCUT2D eigenvalue weighted by Crippen LogP contribution is 2.61. The number of rotatable bonds is 3. The van der Waals surface area contributed by atoms with Gasteiger partial charge in [0, 0.05) is 0 Å². The molecule has 0 aliphatic heterocycles. The molecule has 0 atom stereocenters. The number of hydrogen-bond donors (Lipinski definition) is 0. The first-order chi connectivity index (χ1) is 11.2. The van der Waals surface area contributed by atoms with Gasteiger partial charge in [0.1, 0.15) is 0 Å². The van der Waals surface area contributed by atoms with E-state index in [9.17, 15) is 0 Å². The molecule has 0 saturated heterocycles. The smallest absolute Gasteiger partial charge is 0.0971 e. The van der Waals surface area contributed by atoms with Crippen molar-refractivity contribution in [3.05, 3.63) is 0 Å². The van der Waals surface area contributed by atoms with Crippen molar-refractivity contribution >= 4 is 42.7 Å². The summed E-state index contributed by atoms with van der Waals surface area (Å²) in [6.07, 6.45) is 23.6. The molecule has 0 aromatic carbocycles. The maximum atomic E-state index is 4.81. The molecule has 3 fully saturated rings. The van der Waals surface area contributed by atoms with E-state index >= 15 is 0 Å². The first-order valence-electron chi connectivity index (χ1n) is 9.88. The predicted octanol–water partition coefficient (Wildman–Crippen LogP) is 8.45. The Kier molecular flexibility index (Phi) is 10.6. The second kappa shape index (κ2) is 11.8. The summed E-state index contributed by atoms with van der Waals surface area (Å²) in [5.41, 5.74) is 3.57. The van der Waals surface area contributed by atoms with E-state index in [0.29, 0.717) is 7.92 Å². The molecular weight excluding hydrogens is 366 g/mol. The number of hydrogen-bond acceptors (Lipinski definition) is 0. The van der Waals surface area contributed by atoms with E-state index in [1.807, 2.05) is 0 Å². The van der Waals surface area contributed by atoms with Crippen LogP contribution in [0.5, 0.6) is 0 Å². The van der Waals surface area contributed by atoms with Gasteiger partial charge in [0.25, 0.3) is 0 Å². The second-order valence-corrected chi connectivity index (χ2v) is 12.6. The lowest BCUT2D eigenvalue weighted by Gasteiger charge is -2.44. The summed E-state index contributed by atoms with van der Waals surface area (Å²) >= 11 is 14.4. The fourth-order valence-electron chi connectivity index (χ4n) is 5.03. The van der Waals surface area contributed by atoms with Crippen LogP contribution in [0.1, 0.15) is 96.3 Å².